The molecule has 0 fully saturated rings. The molecule has 0 aliphatic heterocycles. The largest absolute Gasteiger partial charge is 0.168 e. The molecule has 6 aromatic carbocycles. The van der Waals surface area contributed by atoms with Crippen molar-refractivity contribution in [3.8, 4) is 22.3 Å². The Bertz CT molecular complexity index is 1360. The quantitative estimate of drug-likeness (QED) is 0.186. The Balaban J connectivity index is 0.000000140. The van der Waals surface area contributed by atoms with Crippen LogP contribution in [0.5, 0.6) is 0 Å². The van der Waals surface area contributed by atoms with E-state index in [1.807, 2.05) is 0 Å². The predicted molar refractivity (Wildman–Crippen MR) is 149 cm³/mol. The molecule has 6 rings (SSSR count). The molecule has 0 spiro atoms. The number of halogens is 2. The van der Waals surface area contributed by atoms with Gasteiger partial charge in [0, 0.05) is 0 Å². The third-order valence-corrected chi connectivity index (χ3v) is 5.53. The summed E-state index contributed by atoms with van der Waals surface area (Å²) in [5, 5.41) is 5.31. The zero-order valence-corrected chi connectivity index (χ0v) is 22.6. The zero-order valence-electron chi connectivity index (χ0n) is 18.7. The summed E-state index contributed by atoms with van der Waals surface area (Å²) in [6.07, 6.45) is 0. The van der Waals surface area contributed by atoms with E-state index in [0.29, 0.717) is 0 Å². The molecule has 3 heteroatoms. The van der Waals surface area contributed by atoms with Crippen LogP contribution in [0.3, 0.4) is 0 Å². The van der Waals surface area contributed by atoms with E-state index >= 15 is 0 Å². The van der Waals surface area contributed by atoms with Crippen LogP contribution >= 0.6 is 17.0 Å². The summed E-state index contributed by atoms with van der Waals surface area (Å²) < 4.78 is 3.37. The summed E-state index contributed by atoms with van der Waals surface area (Å²) in [4.78, 5) is 0. The van der Waals surface area contributed by atoms with Crippen LogP contribution in [0.2, 0.25) is 0 Å². The Morgan fingerprint density at radius 2 is 0.882 bits per heavy atom. The Morgan fingerprint density at radius 1 is 0.500 bits per heavy atom. The van der Waals surface area contributed by atoms with Gasteiger partial charge in [-0.15, -0.1) is 57.9 Å². The minimum Gasteiger partial charge on any atom is -0.168 e. The summed E-state index contributed by atoms with van der Waals surface area (Å²) in [5.41, 5.74) is 5.21. The minimum atomic E-state index is -1.85. The molecule has 0 saturated heterocycles. The smallest absolute Gasteiger partial charge is 0.0279 e. The number of fused-ring (bicyclic) bond motifs is 2. The molecule has 0 saturated carbocycles. The van der Waals surface area contributed by atoms with Gasteiger partial charge < -0.3 is 0 Å². The summed E-state index contributed by atoms with van der Waals surface area (Å²) >= 11 is -1.85. The van der Waals surface area contributed by atoms with E-state index in [-0.39, 0.29) is 0 Å². The van der Waals surface area contributed by atoms with Crippen molar-refractivity contribution in [3.05, 3.63) is 133 Å². The first kappa shape index (κ1) is 24.6. The van der Waals surface area contributed by atoms with Crippen molar-refractivity contribution in [2.24, 2.45) is 0 Å². The van der Waals surface area contributed by atoms with Gasteiger partial charge in [-0.05, 0) is 11.1 Å². The van der Waals surface area contributed by atoms with Crippen molar-refractivity contribution >= 4 is 42.8 Å². The summed E-state index contributed by atoms with van der Waals surface area (Å²) in [7, 11) is 10.3. The van der Waals surface area contributed by atoms with Gasteiger partial charge in [0.15, 0.2) is 0 Å². The molecular formula is C31H24Cl2Zr-2. The molecule has 0 bridgehead atoms. The molecule has 0 aliphatic carbocycles. The minimum absolute atomic E-state index is 1.29. The second-order valence-electron chi connectivity index (χ2n) is 7.74. The first-order chi connectivity index (χ1) is 16.6. The maximum atomic E-state index is 5.13. The van der Waals surface area contributed by atoms with Gasteiger partial charge >= 0.3 is 40.1 Å². The van der Waals surface area contributed by atoms with E-state index in [1.54, 1.807) is 0 Å². The van der Waals surface area contributed by atoms with E-state index in [4.69, 9.17) is 17.0 Å². The fraction of sp³-hybridized carbons (Fsp3) is 0. The van der Waals surface area contributed by atoms with Crippen molar-refractivity contribution in [3.63, 3.8) is 0 Å². The van der Waals surface area contributed by atoms with Crippen LogP contribution < -0.4 is 0 Å². The van der Waals surface area contributed by atoms with E-state index in [2.05, 4.69) is 138 Å². The molecule has 0 radical (unpaired) electrons. The molecular weight excluding hydrogens is 534 g/mol. The second-order valence-corrected chi connectivity index (χ2v) is 15.9. The zero-order chi connectivity index (χ0) is 23.8. The fourth-order valence-corrected chi connectivity index (χ4v) is 4.06. The molecule has 34 heavy (non-hydrogen) atoms. The first-order valence-corrected chi connectivity index (χ1v) is 19.1. The van der Waals surface area contributed by atoms with E-state index < -0.39 is 18.9 Å². The van der Waals surface area contributed by atoms with Crippen molar-refractivity contribution in [2.45, 2.75) is 0 Å². The van der Waals surface area contributed by atoms with Crippen molar-refractivity contribution in [1.82, 2.24) is 0 Å². The predicted octanol–water partition coefficient (Wildman–Crippen LogP) is 9.80. The van der Waals surface area contributed by atoms with Crippen molar-refractivity contribution in [1.29, 1.82) is 0 Å². The van der Waals surface area contributed by atoms with Crippen LogP contribution in [0.4, 0.5) is 0 Å². The van der Waals surface area contributed by atoms with Gasteiger partial charge in [0.25, 0.3) is 0 Å². The SMILES string of the molecule is [CH2]=[Zr]([Cl])[Cl].c1ccc(-c2cccc3[cH-]ccc23)cc1.c1ccc(-c2cccc3[cH-]ccc23)cc1. The van der Waals surface area contributed by atoms with Crippen LogP contribution in [-0.4, -0.2) is 4.21 Å². The normalized spacial score (nSPS) is 10.2. The molecule has 0 amide bonds. The van der Waals surface area contributed by atoms with Gasteiger partial charge in [-0.2, -0.15) is 24.3 Å². The van der Waals surface area contributed by atoms with Crippen LogP contribution in [-0.2, 0) is 18.9 Å². The molecule has 0 aromatic heterocycles. The first-order valence-electron chi connectivity index (χ1n) is 11.0. The monoisotopic (exact) mass is 556 g/mol. The maximum Gasteiger partial charge on any atom is -0.0279 e. The molecule has 6 aromatic rings. The van der Waals surface area contributed by atoms with Crippen molar-refractivity contribution < 1.29 is 18.9 Å². The Morgan fingerprint density at radius 3 is 1.26 bits per heavy atom. The number of benzene rings is 4. The van der Waals surface area contributed by atoms with Crippen LogP contribution in [0.15, 0.2) is 133 Å². The molecule has 0 heterocycles. The van der Waals surface area contributed by atoms with Crippen LogP contribution in [0.1, 0.15) is 0 Å². The molecule has 168 valence electrons. The second kappa shape index (κ2) is 12.2. The van der Waals surface area contributed by atoms with Gasteiger partial charge in [-0.25, -0.2) is 0 Å². The Kier molecular flexibility index (Phi) is 8.83. The van der Waals surface area contributed by atoms with Gasteiger partial charge in [-0.3, -0.25) is 0 Å². The third kappa shape index (κ3) is 6.30. The Labute approximate surface area is 216 Å². The maximum absolute atomic E-state index is 5.13. The summed E-state index contributed by atoms with van der Waals surface area (Å²) in [6, 6.07) is 46.8. The van der Waals surface area contributed by atoms with E-state index in [0.717, 1.165) is 0 Å². The summed E-state index contributed by atoms with van der Waals surface area (Å²) in [6.45, 7) is 0. The Hall–Kier alpha value is -2.57. The van der Waals surface area contributed by atoms with Crippen LogP contribution in [0.25, 0.3) is 43.8 Å². The van der Waals surface area contributed by atoms with E-state index in [1.165, 1.54) is 43.8 Å². The summed E-state index contributed by atoms with van der Waals surface area (Å²) in [5.74, 6) is 0. The molecule has 0 unspecified atom stereocenters. The average Bonchev–Trinajstić information content (AvgIpc) is 3.54. The molecule has 0 nitrogen and oxygen atoms in total. The van der Waals surface area contributed by atoms with Gasteiger partial charge in [-0.1, -0.05) is 83.9 Å². The average molecular weight is 559 g/mol. The molecule has 0 atom stereocenters. The topological polar surface area (TPSA) is 0 Å². The standard InChI is InChI=1S/2C15H11.CH2.2ClH.Zr/c2*1-2-6-12(7-3-1)14-10-4-8-13-9-5-11-15(13)14;;;;/h2*1-11H;1H2;2*1H;/q2*-1;;;;+2/p-2. The molecule has 0 N–H and O–H groups in total. The third-order valence-electron chi connectivity index (χ3n) is 5.53. The fourth-order valence-electron chi connectivity index (χ4n) is 4.06. The number of rotatable bonds is 2. The van der Waals surface area contributed by atoms with Gasteiger partial charge in [0.1, 0.15) is 0 Å². The van der Waals surface area contributed by atoms with Crippen LogP contribution in [0, 0.1) is 0 Å². The molecule has 0 aliphatic rings. The van der Waals surface area contributed by atoms with Crippen molar-refractivity contribution in [2.75, 3.05) is 0 Å². The van der Waals surface area contributed by atoms with E-state index in [9.17, 15) is 0 Å². The van der Waals surface area contributed by atoms with Gasteiger partial charge in [0.2, 0.25) is 0 Å². The number of hydrogen-bond acceptors (Lipinski definition) is 0. The van der Waals surface area contributed by atoms with Gasteiger partial charge in [0.05, 0.1) is 0 Å². The number of hydrogen-bond donors (Lipinski definition) is 0.